The van der Waals surface area contributed by atoms with E-state index in [1.807, 2.05) is 0 Å². The third-order valence-corrected chi connectivity index (χ3v) is 24.4. The first-order chi connectivity index (χ1) is 56.8. The van der Waals surface area contributed by atoms with Crippen molar-refractivity contribution in [2.45, 2.75) is 52.4 Å². The first kappa shape index (κ1) is 69.9. The summed E-state index contributed by atoms with van der Waals surface area (Å²) in [6.07, 6.45) is 0. The van der Waals surface area contributed by atoms with Crippen molar-refractivity contribution in [2.75, 3.05) is 14.7 Å². The van der Waals surface area contributed by atoms with Crippen LogP contribution in [0.4, 0.5) is 51.2 Å². The summed E-state index contributed by atoms with van der Waals surface area (Å²) < 4.78 is 0. The van der Waals surface area contributed by atoms with Gasteiger partial charge in [0.05, 0.1) is 17.1 Å². The van der Waals surface area contributed by atoms with Crippen molar-refractivity contribution >= 4 is 117 Å². The van der Waals surface area contributed by atoms with Gasteiger partial charge in [0.15, 0.2) is 0 Å². The number of hydrogen-bond donors (Lipinski definition) is 0. The second kappa shape index (κ2) is 27.9. The molecule has 0 amide bonds. The minimum absolute atomic E-state index is 0.229. The summed E-state index contributed by atoms with van der Waals surface area (Å²) in [4.78, 5) is 7.96. The van der Waals surface area contributed by atoms with Crippen molar-refractivity contribution in [2.24, 2.45) is 0 Å². The number of hydrogen-bond acceptors (Lipinski definition) is 3. The largest absolute Gasteiger partial charge is 0.310 e. The highest BCUT2D eigenvalue weighted by atomic mass is 15.2. The van der Waals surface area contributed by atoms with Crippen LogP contribution in [0.3, 0.4) is 0 Å². The molecule has 0 atom stereocenters. The maximum Gasteiger partial charge on any atom is 0.252 e. The Kier molecular flexibility index (Phi) is 16.8. The van der Waals surface area contributed by atoms with E-state index in [9.17, 15) is 0 Å². The number of nitrogens with zero attached hydrogens (tertiary/aromatic N) is 3. The molecule has 3 nitrogen and oxygen atoms in total. The predicted octanol–water partition coefficient (Wildman–Crippen LogP) is 29.2. The summed E-state index contributed by atoms with van der Waals surface area (Å²) in [5.74, 6) is 0. The summed E-state index contributed by atoms with van der Waals surface area (Å²) in [6, 6.07) is 152. The summed E-state index contributed by atoms with van der Waals surface area (Å²) >= 11 is 0. The maximum absolute atomic E-state index is 2.72. The average Bonchev–Trinajstić information content (AvgIpc) is 0.685. The van der Waals surface area contributed by atoms with Crippen LogP contribution < -0.4 is 31.1 Å². The van der Waals surface area contributed by atoms with E-state index < -0.39 is 0 Å². The van der Waals surface area contributed by atoms with Gasteiger partial charge in [-0.25, -0.2) is 0 Å². The number of benzene rings is 19. The molecule has 19 aromatic carbocycles. The molecule has 116 heavy (non-hydrogen) atoms. The van der Waals surface area contributed by atoms with Gasteiger partial charge in [-0.3, -0.25) is 0 Å². The highest BCUT2D eigenvalue weighted by Crippen LogP contribution is 2.57. The lowest BCUT2D eigenvalue weighted by Crippen LogP contribution is -2.61. The summed E-state index contributed by atoms with van der Waals surface area (Å²) in [5, 5.41) is 10.2. The normalized spacial score (nSPS) is 12.5. The van der Waals surface area contributed by atoms with Crippen molar-refractivity contribution < 1.29 is 0 Å². The fraction of sp³-hybridized carbons (Fsp3) is 0.0714. The lowest BCUT2D eigenvalue weighted by molar-refractivity contribution is 0.590. The van der Waals surface area contributed by atoms with Crippen LogP contribution in [-0.2, 0) is 10.8 Å². The van der Waals surface area contributed by atoms with Gasteiger partial charge in [0, 0.05) is 56.4 Å². The third kappa shape index (κ3) is 12.0. The number of anilines is 9. The molecule has 0 saturated carbocycles. The zero-order valence-electron chi connectivity index (χ0n) is 66.0. The van der Waals surface area contributed by atoms with E-state index in [0.29, 0.717) is 0 Å². The minimum atomic E-state index is -0.339. The van der Waals surface area contributed by atoms with E-state index in [1.165, 1.54) is 87.3 Å². The average molecular weight is 1480 g/mol. The van der Waals surface area contributed by atoms with Gasteiger partial charge in [0.25, 0.3) is 6.71 Å². The van der Waals surface area contributed by atoms with Crippen molar-refractivity contribution in [3.63, 3.8) is 0 Å². The molecule has 4 heteroatoms. The standard InChI is InChI=1S/C112H84BN3/c1-111(2,3)87-67-95(78-37-20-10-21-38-78)109(96(68-87)79-39-22-11-23-40-79)115-102-61-55-83(75-35-18-9-19-36-75)65-100(102)113-101-66-84(86-63-85-47-30-49-93-92-48-28-45-82-46-29-50-94(106(82)92)99(64-86)107(85)93)56-62-103(101)116(110-97(80-41-24-12-25-42-80)69-88(112(4,5)6)70-98(110)81-43-26-13-27-44-81)105-72-91(71-104(115)108(105)113)114(89-57-51-76(52-58-89)73-31-14-7-15-32-73)90-59-53-77(54-60-90)74-33-16-8-17-34-74/h7-72H,1-6H3. The molecule has 0 spiro atoms. The van der Waals surface area contributed by atoms with Gasteiger partial charge in [-0.05, 0) is 233 Å². The smallest absolute Gasteiger partial charge is 0.252 e. The van der Waals surface area contributed by atoms with E-state index in [2.05, 4.69) is 457 Å². The molecule has 0 aromatic heterocycles. The van der Waals surface area contributed by atoms with Crippen LogP contribution in [-0.4, -0.2) is 6.71 Å². The molecular weight excluding hydrogens is 1400 g/mol. The Bertz CT molecular complexity index is 6750. The van der Waals surface area contributed by atoms with Crippen LogP contribution in [0.25, 0.3) is 132 Å². The van der Waals surface area contributed by atoms with E-state index >= 15 is 0 Å². The van der Waals surface area contributed by atoms with Crippen LogP contribution in [0.15, 0.2) is 400 Å². The minimum Gasteiger partial charge on any atom is -0.310 e. The van der Waals surface area contributed by atoms with Gasteiger partial charge in [0.2, 0.25) is 0 Å². The third-order valence-electron chi connectivity index (χ3n) is 24.4. The lowest BCUT2D eigenvalue weighted by Gasteiger charge is -2.46. The van der Waals surface area contributed by atoms with Gasteiger partial charge < -0.3 is 14.7 Å². The fourth-order valence-corrected chi connectivity index (χ4v) is 18.7. The van der Waals surface area contributed by atoms with Crippen LogP contribution in [0.5, 0.6) is 0 Å². The Balaban J connectivity index is 0.946. The second-order valence-corrected chi connectivity index (χ2v) is 33.5. The summed E-state index contributed by atoms with van der Waals surface area (Å²) in [7, 11) is 0. The van der Waals surface area contributed by atoms with Crippen molar-refractivity contribution in [3.8, 4) is 89.0 Å². The first-order valence-corrected chi connectivity index (χ1v) is 40.7. The Morgan fingerprint density at radius 3 is 0.905 bits per heavy atom. The Hall–Kier alpha value is -14.1. The number of fused-ring (bicyclic) bond motifs is 6. The Labute approximate surface area is 680 Å². The van der Waals surface area contributed by atoms with E-state index in [1.54, 1.807) is 0 Å². The van der Waals surface area contributed by atoms with Crippen molar-refractivity contribution in [1.82, 2.24) is 0 Å². The van der Waals surface area contributed by atoms with Gasteiger partial charge in [-0.15, -0.1) is 0 Å². The van der Waals surface area contributed by atoms with Gasteiger partial charge in [-0.2, -0.15) is 0 Å². The van der Waals surface area contributed by atoms with E-state index in [4.69, 9.17) is 0 Å². The molecule has 0 N–H and O–H groups in total. The first-order valence-electron chi connectivity index (χ1n) is 40.7. The van der Waals surface area contributed by atoms with E-state index in [0.717, 1.165) is 124 Å². The van der Waals surface area contributed by atoms with Crippen LogP contribution in [0.2, 0.25) is 0 Å². The molecule has 0 aliphatic carbocycles. The molecule has 0 radical (unpaired) electrons. The van der Waals surface area contributed by atoms with Crippen LogP contribution in [0, 0.1) is 0 Å². The van der Waals surface area contributed by atoms with Gasteiger partial charge in [-0.1, -0.05) is 357 Å². The van der Waals surface area contributed by atoms with Gasteiger partial charge in [0.1, 0.15) is 0 Å². The summed E-state index contributed by atoms with van der Waals surface area (Å²) in [5.41, 5.74) is 33.7. The zero-order valence-corrected chi connectivity index (χ0v) is 66.0. The molecule has 2 aliphatic heterocycles. The Morgan fingerprint density at radius 2 is 0.534 bits per heavy atom. The lowest BCUT2D eigenvalue weighted by atomic mass is 9.33. The monoisotopic (exact) mass is 1480 g/mol. The summed E-state index contributed by atoms with van der Waals surface area (Å²) in [6.45, 7) is 13.8. The molecule has 0 fully saturated rings. The van der Waals surface area contributed by atoms with Crippen molar-refractivity contribution in [1.29, 1.82) is 0 Å². The highest BCUT2D eigenvalue weighted by molar-refractivity contribution is 7.00. The second-order valence-electron chi connectivity index (χ2n) is 33.5. The molecule has 2 heterocycles. The van der Waals surface area contributed by atoms with Crippen molar-refractivity contribution in [3.05, 3.63) is 412 Å². The molecule has 2 aliphatic rings. The number of rotatable bonds is 13. The fourth-order valence-electron chi connectivity index (χ4n) is 18.7. The molecule has 0 saturated heterocycles. The maximum atomic E-state index is 2.72. The molecule has 550 valence electrons. The topological polar surface area (TPSA) is 9.72 Å². The highest BCUT2D eigenvalue weighted by Gasteiger charge is 2.47. The predicted molar refractivity (Wildman–Crippen MR) is 497 cm³/mol. The molecule has 0 unspecified atom stereocenters. The van der Waals surface area contributed by atoms with Crippen LogP contribution >= 0.6 is 0 Å². The molecule has 0 bridgehead atoms. The van der Waals surface area contributed by atoms with Crippen LogP contribution in [0.1, 0.15) is 52.7 Å². The molecule has 21 rings (SSSR count). The van der Waals surface area contributed by atoms with E-state index in [-0.39, 0.29) is 17.5 Å². The quantitative estimate of drug-likeness (QED) is 0.0647. The molecule has 19 aromatic rings. The SMILES string of the molecule is CC(C)(C)c1cc(-c2ccccc2)c(N2c3ccc(-c4ccccc4)cc3B3c4cc(-c5cc6cccc7c8cccc9cccc(c(c5)c67)c98)ccc4N(c4c(-c5ccccc5)cc(C(C)(C)C)cc4-c4ccccc4)c4cc(N(c5ccc(-c6ccccc6)cc5)c5ccc(-c6ccccc6)cc5)cc2c43)c(-c2ccccc2)c1. The molecular formula is C112H84BN3. The van der Waals surface area contributed by atoms with Gasteiger partial charge >= 0.3 is 0 Å². The zero-order chi connectivity index (χ0) is 77.9. The Morgan fingerprint density at radius 1 is 0.224 bits per heavy atom.